The van der Waals surface area contributed by atoms with Crippen molar-refractivity contribution in [1.29, 1.82) is 0 Å². The standard InChI is InChI=1S/C12H13N3O/c1-15-8-7-11(14-15)9-13-12(16)10-5-3-2-4-6-10/h2-8H,9H2,1H3,(H,13,16). The van der Waals surface area contributed by atoms with Gasteiger partial charge in [-0.15, -0.1) is 0 Å². The summed E-state index contributed by atoms with van der Waals surface area (Å²) < 4.78 is 1.71. The Morgan fingerprint density at radius 3 is 2.69 bits per heavy atom. The average molecular weight is 215 g/mol. The molecule has 0 bridgehead atoms. The van der Waals surface area contributed by atoms with Crippen LogP contribution in [-0.2, 0) is 13.6 Å². The first-order chi connectivity index (χ1) is 7.75. The number of nitrogens with one attached hydrogen (secondary N) is 1. The van der Waals surface area contributed by atoms with Gasteiger partial charge in [-0.05, 0) is 18.2 Å². The second kappa shape index (κ2) is 4.61. The number of amides is 1. The quantitative estimate of drug-likeness (QED) is 0.840. The third-order valence-electron chi connectivity index (χ3n) is 2.23. The Kier molecular flexibility index (Phi) is 3.00. The van der Waals surface area contributed by atoms with Crippen molar-refractivity contribution in [1.82, 2.24) is 15.1 Å². The zero-order chi connectivity index (χ0) is 11.4. The van der Waals surface area contributed by atoms with Crippen LogP contribution in [0.2, 0.25) is 0 Å². The van der Waals surface area contributed by atoms with Gasteiger partial charge < -0.3 is 5.32 Å². The first-order valence-electron chi connectivity index (χ1n) is 5.07. The molecule has 82 valence electrons. The summed E-state index contributed by atoms with van der Waals surface area (Å²) in [7, 11) is 1.85. The smallest absolute Gasteiger partial charge is 0.251 e. The molecule has 0 aliphatic carbocycles. The monoisotopic (exact) mass is 215 g/mol. The van der Waals surface area contributed by atoms with Crippen molar-refractivity contribution in [3.05, 3.63) is 53.9 Å². The lowest BCUT2D eigenvalue weighted by atomic mass is 10.2. The summed E-state index contributed by atoms with van der Waals surface area (Å²) in [5.41, 5.74) is 1.52. The van der Waals surface area contributed by atoms with Gasteiger partial charge in [0.25, 0.3) is 5.91 Å². The minimum absolute atomic E-state index is 0.0775. The van der Waals surface area contributed by atoms with Gasteiger partial charge in [-0.1, -0.05) is 18.2 Å². The van der Waals surface area contributed by atoms with E-state index in [1.165, 1.54) is 0 Å². The van der Waals surface area contributed by atoms with E-state index in [0.29, 0.717) is 12.1 Å². The van der Waals surface area contributed by atoms with Crippen LogP contribution in [0.1, 0.15) is 16.1 Å². The largest absolute Gasteiger partial charge is 0.346 e. The zero-order valence-corrected chi connectivity index (χ0v) is 9.05. The Bertz CT molecular complexity index is 476. The van der Waals surface area contributed by atoms with Crippen molar-refractivity contribution < 1.29 is 4.79 Å². The molecule has 0 aliphatic heterocycles. The SMILES string of the molecule is Cn1ccc(CNC(=O)c2ccccc2)n1. The van der Waals surface area contributed by atoms with Crippen molar-refractivity contribution in [2.24, 2.45) is 7.05 Å². The molecule has 16 heavy (non-hydrogen) atoms. The lowest BCUT2D eigenvalue weighted by Crippen LogP contribution is -2.22. The van der Waals surface area contributed by atoms with E-state index in [-0.39, 0.29) is 5.91 Å². The van der Waals surface area contributed by atoms with Crippen molar-refractivity contribution in [2.45, 2.75) is 6.54 Å². The van der Waals surface area contributed by atoms with Gasteiger partial charge in [0.15, 0.2) is 0 Å². The molecule has 0 aliphatic rings. The fourth-order valence-electron chi connectivity index (χ4n) is 1.42. The Hall–Kier alpha value is -2.10. The van der Waals surface area contributed by atoms with Gasteiger partial charge in [-0.3, -0.25) is 9.48 Å². The molecule has 0 fully saturated rings. The first-order valence-corrected chi connectivity index (χ1v) is 5.07. The van der Waals surface area contributed by atoms with Gasteiger partial charge in [0, 0.05) is 18.8 Å². The van der Waals surface area contributed by atoms with Crippen LogP contribution in [0.15, 0.2) is 42.6 Å². The molecule has 1 N–H and O–H groups in total. The minimum atomic E-state index is -0.0775. The highest BCUT2D eigenvalue weighted by Crippen LogP contribution is 1.99. The fraction of sp³-hybridized carbons (Fsp3) is 0.167. The number of benzene rings is 1. The molecule has 0 radical (unpaired) electrons. The number of nitrogens with zero attached hydrogens (tertiary/aromatic N) is 2. The van der Waals surface area contributed by atoms with Gasteiger partial charge in [-0.25, -0.2) is 0 Å². The molecule has 4 nitrogen and oxygen atoms in total. The molecule has 1 heterocycles. The van der Waals surface area contributed by atoms with Crippen LogP contribution < -0.4 is 5.32 Å². The predicted octanol–water partition coefficient (Wildman–Crippen LogP) is 1.35. The summed E-state index contributed by atoms with van der Waals surface area (Å²) in [5, 5.41) is 6.99. The fourth-order valence-corrected chi connectivity index (χ4v) is 1.42. The van der Waals surface area contributed by atoms with Gasteiger partial charge >= 0.3 is 0 Å². The summed E-state index contributed by atoms with van der Waals surface area (Å²) in [4.78, 5) is 11.7. The van der Waals surface area contributed by atoms with Crippen molar-refractivity contribution in [3.63, 3.8) is 0 Å². The number of carbonyl (C=O) groups is 1. The van der Waals surface area contributed by atoms with E-state index in [0.717, 1.165) is 5.69 Å². The molecule has 0 saturated heterocycles. The van der Waals surface area contributed by atoms with E-state index < -0.39 is 0 Å². The molecule has 0 unspecified atom stereocenters. The summed E-state index contributed by atoms with van der Waals surface area (Å²) in [6.07, 6.45) is 1.85. The van der Waals surface area contributed by atoms with Crippen LogP contribution in [0.5, 0.6) is 0 Å². The molecule has 0 spiro atoms. The zero-order valence-electron chi connectivity index (χ0n) is 9.05. The van der Waals surface area contributed by atoms with E-state index in [1.54, 1.807) is 16.8 Å². The molecular formula is C12H13N3O. The molecule has 1 aromatic carbocycles. The summed E-state index contributed by atoms with van der Waals surface area (Å²) >= 11 is 0. The van der Waals surface area contributed by atoms with Gasteiger partial charge in [0.1, 0.15) is 0 Å². The van der Waals surface area contributed by atoms with Crippen LogP contribution in [-0.4, -0.2) is 15.7 Å². The molecule has 0 atom stereocenters. The summed E-state index contributed by atoms with van der Waals surface area (Å²) in [6.45, 7) is 0.453. The van der Waals surface area contributed by atoms with E-state index in [2.05, 4.69) is 10.4 Å². The first kappa shape index (κ1) is 10.4. The number of rotatable bonds is 3. The number of hydrogen-bond acceptors (Lipinski definition) is 2. The maximum absolute atomic E-state index is 11.7. The maximum Gasteiger partial charge on any atom is 0.251 e. The number of aromatic nitrogens is 2. The lowest BCUT2D eigenvalue weighted by molar-refractivity contribution is 0.0950. The van der Waals surface area contributed by atoms with Crippen LogP contribution in [0.4, 0.5) is 0 Å². The molecule has 2 aromatic rings. The Morgan fingerprint density at radius 1 is 1.31 bits per heavy atom. The van der Waals surface area contributed by atoms with E-state index >= 15 is 0 Å². The van der Waals surface area contributed by atoms with Crippen LogP contribution in [0.25, 0.3) is 0 Å². The molecular weight excluding hydrogens is 202 g/mol. The highest BCUT2D eigenvalue weighted by molar-refractivity contribution is 5.93. The second-order valence-electron chi connectivity index (χ2n) is 3.53. The van der Waals surface area contributed by atoms with Crippen molar-refractivity contribution in [2.75, 3.05) is 0 Å². The Labute approximate surface area is 93.9 Å². The van der Waals surface area contributed by atoms with Crippen LogP contribution in [0, 0.1) is 0 Å². The van der Waals surface area contributed by atoms with Crippen molar-refractivity contribution >= 4 is 5.91 Å². The third kappa shape index (κ3) is 2.48. The van der Waals surface area contributed by atoms with Gasteiger partial charge in [-0.2, -0.15) is 5.10 Å². The van der Waals surface area contributed by atoms with E-state index in [4.69, 9.17) is 0 Å². The topological polar surface area (TPSA) is 46.9 Å². The second-order valence-corrected chi connectivity index (χ2v) is 3.53. The average Bonchev–Trinajstić information content (AvgIpc) is 2.73. The number of carbonyl (C=O) groups excluding carboxylic acids is 1. The number of hydrogen-bond donors (Lipinski definition) is 1. The normalized spacial score (nSPS) is 10.1. The van der Waals surface area contributed by atoms with Crippen LogP contribution in [0.3, 0.4) is 0 Å². The van der Waals surface area contributed by atoms with E-state index in [1.807, 2.05) is 37.5 Å². The van der Waals surface area contributed by atoms with Gasteiger partial charge in [0.05, 0.1) is 12.2 Å². The molecule has 1 amide bonds. The summed E-state index contributed by atoms with van der Waals surface area (Å²) in [6, 6.07) is 11.0. The lowest BCUT2D eigenvalue weighted by Gasteiger charge is -2.02. The van der Waals surface area contributed by atoms with Crippen molar-refractivity contribution in [3.8, 4) is 0 Å². The summed E-state index contributed by atoms with van der Waals surface area (Å²) in [5.74, 6) is -0.0775. The minimum Gasteiger partial charge on any atom is -0.346 e. The Morgan fingerprint density at radius 2 is 2.06 bits per heavy atom. The third-order valence-corrected chi connectivity index (χ3v) is 2.23. The molecule has 2 rings (SSSR count). The van der Waals surface area contributed by atoms with Gasteiger partial charge in [0.2, 0.25) is 0 Å². The molecule has 1 aromatic heterocycles. The van der Waals surface area contributed by atoms with Crippen LogP contribution >= 0.6 is 0 Å². The maximum atomic E-state index is 11.7. The van der Waals surface area contributed by atoms with E-state index in [9.17, 15) is 4.79 Å². The molecule has 4 heteroatoms. The highest BCUT2D eigenvalue weighted by atomic mass is 16.1. The molecule has 0 saturated carbocycles. The Balaban J connectivity index is 1.94. The number of aryl methyl sites for hydroxylation is 1. The predicted molar refractivity (Wildman–Crippen MR) is 60.8 cm³/mol. The highest BCUT2D eigenvalue weighted by Gasteiger charge is 2.04.